The van der Waals surface area contributed by atoms with Crippen molar-refractivity contribution in [2.24, 2.45) is 17.3 Å². The van der Waals surface area contributed by atoms with Gasteiger partial charge in [-0.15, -0.1) is 0 Å². The molecule has 5 heteroatoms. The molecule has 2 saturated heterocycles. The normalized spacial score (nSPS) is 25.1. The predicted octanol–water partition coefficient (Wildman–Crippen LogP) is 2.91. The SMILES string of the molecule is COc1cccc(C(=O)N2CCC3(CC2)CN(C)CC3COCC2CC2)c1. The van der Waals surface area contributed by atoms with Crippen LogP contribution in [0.25, 0.3) is 0 Å². The summed E-state index contributed by atoms with van der Waals surface area (Å²) < 4.78 is 11.3. The number of ether oxygens (including phenoxy) is 2. The first kappa shape index (κ1) is 18.8. The molecule has 1 aromatic carbocycles. The van der Waals surface area contributed by atoms with Gasteiger partial charge in [0.25, 0.3) is 5.91 Å². The van der Waals surface area contributed by atoms with Gasteiger partial charge in [-0.25, -0.2) is 0 Å². The summed E-state index contributed by atoms with van der Waals surface area (Å²) in [6, 6.07) is 7.48. The van der Waals surface area contributed by atoms with Crippen molar-refractivity contribution in [3.05, 3.63) is 29.8 Å². The number of rotatable bonds is 6. The lowest BCUT2D eigenvalue weighted by Crippen LogP contribution is -2.47. The second-order valence-electron chi connectivity index (χ2n) is 8.76. The molecule has 148 valence electrons. The van der Waals surface area contributed by atoms with Crippen LogP contribution in [-0.4, -0.2) is 69.3 Å². The van der Waals surface area contributed by atoms with E-state index < -0.39 is 0 Å². The Morgan fingerprint density at radius 1 is 1.22 bits per heavy atom. The van der Waals surface area contributed by atoms with E-state index in [1.807, 2.05) is 29.2 Å². The molecule has 3 fully saturated rings. The Bertz CT molecular complexity index is 665. The maximum Gasteiger partial charge on any atom is 0.253 e. The van der Waals surface area contributed by atoms with Gasteiger partial charge in [0.15, 0.2) is 0 Å². The van der Waals surface area contributed by atoms with E-state index in [0.717, 1.165) is 69.5 Å². The molecule has 1 aliphatic carbocycles. The summed E-state index contributed by atoms with van der Waals surface area (Å²) in [6.07, 6.45) is 4.84. The third-order valence-corrected chi connectivity index (χ3v) is 6.72. The maximum absolute atomic E-state index is 12.9. The largest absolute Gasteiger partial charge is 0.497 e. The molecule has 27 heavy (non-hydrogen) atoms. The predicted molar refractivity (Wildman–Crippen MR) is 105 cm³/mol. The van der Waals surface area contributed by atoms with Crippen LogP contribution in [0.15, 0.2) is 24.3 Å². The standard InChI is InChI=1S/C22H32N2O3/c1-23-13-19(15-27-14-17-6-7-17)22(16-23)8-10-24(11-9-22)21(25)18-4-3-5-20(12-18)26-2/h3-5,12,17,19H,6-11,13-16H2,1-2H3. The molecular weight excluding hydrogens is 340 g/mol. The van der Waals surface area contributed by atoms with Crippen molar-refractivity contribution in [2.45, 2.75) is 25.7 Å². The third kappa shape index (κ3) is 4.14. The van der Waals surface area contributed by atoms with Gasteiger partial charge in [0, 0.05) is 44.3 Å². The number of carbonyl (C=O) groups excluding carboxylic acids is 1. The molecule has 1 spiro atoms. The maximum atomic E-state index is 12.9. The summed E-state index contributed by atoms with van der Waals surface area (Å²) in [6.45, 7) is 5.74. The van der Waals surface area contributed by atoms with Crippen molar-refractivity contribution in [3.63, 3.8) is 0 Å². The van der Waals surface area contributed by atoms with Crippen molar-refractivity contribution in [2.75, 3.05) is 53.6 Å². The van der Waals surface area contributed by atoms with Gasteiger partial charge in [0.2, 0.25) is 0 Å². The Morgan fingerprint density at radius 3 is 2.70 bits per heavy atom. The third-order valence-electron chi connectivity index (χ3n) is 6.72. The zero-order chi connectivity index (χ0) is 18.9. The van der Waals surface area contributed by atoms with Crippen LogP contribution in [0.2, 0.25) is 0 Å². The molecule has 0 aromatic heterocycles. The number of carbonyl (C=O) groups is 1. The van der Waals surface area contributed by atoms with Gasteiger partial charge in [-0.05, 0) is 62.3 Å². The fourth-order valence-corrected chi connectivity index (χ4v) is 4.85. The van der Waals surface area contributed by atoms with Gasteiger partial charge in [-0.3, -0.25) is 4.79 Å². The summed E-state index contributed by atoms with van der Waals surface area (Å²) in [5.74, 6) is 2.27. The second kappa shape index (κ2) is 7.80. The van der Waals surface area contributed by atoms with E-state index >= 15 is 0 Å². The average molecular weight is 373 g/mol. The summed E-state index contributed by atoms with van der Waals surface area (Å²) in [4.78, 5) is 17.4. The van der Waals surface area contributed by atoms with E-state index in [-0.39, 0.29) is 5.91 Å². The number of benzene rings is 1. The summed E-state index contributed by atoms with van der Waals surface area (Å²) in [5, 5.41) is 0. The van der Waals surface area contributed by atoms with Gasteiger partial charge in [0.1, 0.15) is 5.75 Å². The summed E-state index contributed by atoms with van der Waals surface area (Å²) in [7, 11) is 3.85. The number of piperidine rings is 1. The lowest BCUT2D eigenvalue weighted by Gasteiger charge is -2.42. The topological polar surface area (TPSA) is 42.0 Å². The van der Waals surface area contributed by atoms with Crippen LogP contribution in [0.4, 0.5) is 0 Å². The number of amides is 1. The van der Waals surface area contributed by atoms with E-state index in [2.05, 4.69) is 11.9 Å². The zero-order valence-electron chi connectivity index (χ0n) is 16.7. The molecule has 3 aliphatic rings. The molecule has 0 radical (unpaired) electrons. The lowest BCUT2D eigenvalue weighted by atomic mass is 9.71. The van der Waals surface area contributed by atoms with Crippen LogP contribution in [0.3, 0.4) is 0 Å². The Hall–Kier alpha value is -1.59. The molecular formula is C22H32N2O3. The Balaban J connectivity index is 1.36. The van der Waals surface area contributed by atoms with Gasteiger partial charge < -0.3 is 19.3 Å². The van der Waals surface area contributed by atoms with E-state index in [4.69, 9.17) is 9.47 Å². The molecule has 4 rings (SSSR count). The minimum absolute atomic E-state index is 0.122. The van der Waals surface area contributed by atoms with Gasteiger partial charge in [-0.1, -0.05) is 6.07 Å². The van der Waals surface area contributed by atoms with Crippen molar-refractivity contribution in [1.82, 2.24) is 9.80 Å². The minimum Gasteiger partial charge on any atom is -0.497 e. The molecule has 2 heterocycles. The van der Waals surface area contributed by atoms with Gasteiger partial charge in [-0.2, -0.15) is 0 Å². The highest BCUT2D eigenvalue weighted by Crippen LogP contribution is 2.44. The molecule has 1 saturated carbocycles. The zero-order valence-corrected chi connectivity index (χ0v) is 16.7. The molecule has 0 N–H and O–H groups in total. The van der Waals surface area contributed by atoms with E-state index in [0.29, 0.717) is 11.3 Å². The first-order valence-corrected chi connectivity index (χ1v) is 10.3. The van der Waals surface area contributed by atoms with E-state index in [9.17, 15) is 4.79 Å². The summed E-state index contributed by atoms with van der Waals surface area (Å²) in [5.41, 5.74) is 1.03. The highest BCUT2D eigenvalue weighted by atomic mass is 16.5. The highest BCUT2D eigenvalue weighted by molar-refractivity contribution is 5.94. The van der Waals surface area contributed by atoms with Crippen molar-refractivity contribution >= 4 is 5.91 Å². The van der Waals surface area contributed by atoms with Crippen LogP contribution in [0, 0.1) is 17.3 Å². The monoisotopic (exact) mass is 372 g/mol. The first-order chi connectivity index (χ1) is 13.1. The Kier molecular flexibility index (Phi) is 5.42. The highest BCUT2D eigenvalue weighted by Gasteiger charge is 2.47. The number of nitrogens with zero attached hydrogens (tertiary/aromatic N) is 2. The number of methoxy groups -OCH3 is 1. The van der Waals surface area contributed by atoms with Crippen LogP contribution in [0.5, 0.6) is 5.75 Å². The van der Waals surface area contributed by atoms with Crippen LogP contribution >= 0.6 is 0 Å². The van der Waals surface area contributed by atoms with Gasteiger partial charge in [0.05, 0.1) is 13.7 Å². The molecule has 1 atom stereocenters. The average Bonchev–Trinajstić information content (AvgIpc) is 3.46. The second-order valence-corrected chi connectivity index (χ2v) is 8.76. The molecule has 1 aromatic rings. The number of hydrogen-bond donors (Lipinski definition) is 0. The smallest absolute Gasteiger partial charge is 0.253 e. The number of hydrogen-bond acceptors (Lipinski definition) is 4. The van der Waals surface area contributed by atoms with Crippen molar-refractivity contribution in [1.29, 1.82) is 0 Å². The van der Waals surface area contributed by atoms with Gasteiger partial charge >= 0.3 is 0 Å². The molecule has 1 amide bonds. The first-order valence-electron chi connectivity index (χ1n) is 10.3. The van der Waals surface area contributed by atoms with Crippen LogP contribution in [0.1, 0.15) is 36.0 Å². The number of likely N-dealkylation sites (tertiary alicyclic amines) is 2. The van der Waals surface area contributed by atoms with E-state index in [1.54, 1.807) is 7.11 Å². The Labute approximate surface area is 162 Å². The van der Waals surface area contributed by atoms with Crippen molar-refractivity contribution in [3.8, 4) is 5.75 Å². The molecule has 0 bridgehead atoms. The molecule has 2 aliphatic heterocycles. The Morgan fingerprint density at radius 2 is 2.00 bits per heavy atom. The van der Waals surface area contributed by atoms with Crippen LogP contribution < -0.4 is 4.74 Å². The molecule has 1 unspecified atom stereocenters. The van der Waals surface area contributed by atoms with E-state index in [1.165, 1.54) is 12.8 Å². The lowest BCUT2D eigenvalue weighted by molar-refractivity contribution is 0.0180. The van der Waals surface area contributed by atoms with Crippen molar-refractivity contribution < 1.29 is 14.3 Å². The quantitative estimate of drug-likeness (QED) is 0.770. The fourth-order valence-electron chi connectivity index (χ4n) is 4.85. The summed E-state index contributed by atoms with van der Waals surface area (Å²) >= 11 is 0. The fraction of sp³-hybridized carbons (Fsp3) is 0.682. The van der Waals surface area contributed by atoms with Crippen LogP contribution in [-0.2, 0) is 4.74 Å². The minimum atomic E-state index is 0.122. The molecule has 5 nitrogen and oxygen atoms in total.